The molecule has 0 amide bonds. The van der Waals surface area contributed by atoms with E-state index >= 15 is 0 Å². The number of aromatic nitrogens is 2. The molecule has 2 aromatic carbocycles. The van der Waals surface area contributed by atoms with Gasteiger partial charge in [-0.2, -0.15) is 0 Å². The Hall–Kier alpha value is -2.00. The number of carbonyl (C=O) groups is 1. The van der Waals surface area contributed by atoms with Crippen LogP contribution in [0.5, 0.6) is 0 Å². The lowest BCUT2D eigenvalue weighted by Crippen LogP contribution is -2.27. The number of imidazole rings is 1. The topological polar surface area (TPSA) is 53.3 Å². The molecule has 1 saturated heterocycles. The summed E-state index contributed by atoms with van der Waals surface area (Å²) >= 11 is 2.10. The molecule has 1 aliphatic heterocycles. The molecular weight excluding hydrogens is 486 g/mol. The van der Waals surface area contributed by atoms with Crippen molar-refractivity contribution in [2.24, 2.45) is 5.41 Å². The quantitative estimate of drug-likeness (QED) is 0.377. The van der Waals surface area contributed by atoms with E-state index < -0.39 is 5.97 Å². The maximum atomic E-state index is 14.5. The number of fused-ring (bicyclic) bond motifs is 1. The van der Waals surface area contributed by atoms with Crippen molar-refractivity contribution in [1.29, 1.82) is 0 Å². The second-order valence-electron chi connectivity index (χ2n) is 8.03. The SMILES string of the molecule is COC(=O)c1ccc2nc(Cc3ccc(I)cc3F)n([C@@H]3COCC3(C)C)c2c1. The highest BCUT2D eigenvalue weighted by molar-refractivity contribution is 14.1. The van der Waals surface area contributed by atoms with E-state index in [0.29, 0.717) is 30.8 Å². The maximum absolute atomic E-state index is 14.5. The van der Waals surface area contributed by atoms with Gasteiger partial charge in [0.05, 0.1) is 43.0 Å². The molecule has 7 heteroatoms. The highest BCUT2D eigenvalue weighted by atomic mass is 127. The Morgan fingerprint density at radius 2 is 2.14 bits per heavy atom. The molecule has 3 aromatic rings. The van der Waals surface area contributed by atoms with Gasteiger partial charge in [0.25, 0.3) is 0 Å². The number of hydrogen-bond donors (Lipinski definition) is 0. The standard InChI is InChI=1S/C22H22FIN2O3/c1-22(2)12-29-11-19(22)26-18-8-14(21(27)28-3)5-7-17(18)25-20(26)9-13-4-6-15(24)10-16(13)23/h4-8,10,19H,9,11-12H2,1-3H3/t19-/m1/s1. The van der Waals surface area contributed by atoms with Crippen molar-refractivity contribution in [2.45, 2.75) is 26.3 Å². The van der Waals surface area contributed by atoms with Crippen LogP contribution in [-0.2, 0) is 15.9 Å². The number of halogens is 2. The van der Waals surface area contributed by atoms with Gasteiger partial charge in [-0.3, -0.25) is 0 Å². The lowest BCUT2D eigenvalue weighted by Gasteiger charge is -2.28. The molecule has 29 heavy (non-hydrogen) atoms. The van der Waals surface area contributed by atoms with Gasteiger partial charge in [-0.15, -0.1) is 0 Å². The molecule has 1 fully saturated rings. The Bertz CT molecular complexity index is 1090. The number of rotatable bonds is 4. The van der Waals surface area contributed by atoms with Crippen LogP contribution in [0.2, 0.25) is 0 Å². The molecule has 0 unspecified atom stereocenters. The predicted molar refractivity (Wildman–Crippen MR) is 117 cm³/mol. The van der Waals surface area contributed by atoms with Crippen LogP contribution >= 0.6 is 22.6 Å². The van der Waals surface area contributed by atoms with E-state index in [1.165, 1.54) is 13.2 Å². The van der Waals surface area contributed by atoms with E-state index in [9.17, 15) is 9.18 Å². The molecule has 1 atom stereocenters. The zero-order valence-corrected chi connectivity index (χ0v) is 18.7. The van der Waals surface area contributed by atoms with E-state index in [2.05, 4.69) is 41.0 Å². The Labute approximate surface area is 182 Å². The molecule has 0 N–H and O–H groups in total. The summed E-state index contributed by atoms with van der Waals surface area (Å²) in [5.41, 5.74) is 2.53. The van der Waals surface area contributed by atoms with Crippen molar-refractivity contribution in [2.75, 3.05) is 20.3 Å². The summed E-state index contributed by atoms with van der Waals surface area (Å²) < 4.78 is 28.2. The second-order valence-corrected chi connectivity index (χ2v) is 9.27. The first kappa shape index (κ1) is 20.3. The van der Waals surface area contributed by atoms with Crippen LogP contribution in [0.4, 0.5) is 4.39 Å². The Kier molecular flexibility index (Phi) is 5.37. The number of hydrogen-bond acceptors (Lipinski definition) is 4. The summed E-state index contributed by atoms with van der Waals surface area (Å²) in [6.07, 6.45) is 0.359. The molecule has 0 aliphatic carbocycles. The van der Waals surface area contributed by atoms with Crippen molar-refractivity contribution < 1.29 is 18.7 Å². The third kappa shape index (κ3) is 3.77. The van der Waals surface area contributed by atoms with Crippen LogP contribution in [0.1, 0.15) is 41.6 Å². The number of nitrogens with zero attached hydrogens (tertiary/aromatic N) is 2. The first-order valence-corrected chi connectivity index (χ1v) is 10.5. The van der Waals surface area contributed by atoms with Gasteiger partial charge in [0.1, 0.15) is 11.6 Å². The third-order valence-corrected chi connectivity index (χ3v) is 6.18. The fourth-order valence-electron chi connectivity index (χ4n) is 3.87. The van der Waals surface area contributed by atoms with Gasteiger partial charge in [-0.1, -0.05) is 19.9 Å². The Balaban J connectivity index is 1.88. The number of methoxy groups -OCH3 is 1. The van der Waals surface area contributed by atoms with E-state index in [0.717, 1.165) is 20.4 Å². The third-order valence-electron chi connectivity index (χ3n) is 5.51. The minimum Gasteiger partial charge on any atom is -0.465 e. The second kappa shape index (κ2) is 7.68. The summed E-state index contributed by atoms with van der Waals surface area (Å²) in [6, 6.07) is 10.6. The lowest BCUT2D eigenvalue weighted by atomic mass is 9.87. The Morgan fingerprint density at radius 1 is 1.34 bits per heavy atom. The monoisotopic (exact) mass is 508 g/mol. The van der Waals surface area contributed by atoms with Crippen LogP contribution in [-0.4, -0.2) is 35.8 Å². The normalized spacial score (nSPS) is 18.3. The predicted octanol–water partition coefficient (Wildman–Crippen LogP) is 4.75. The smallest absolute Gasteiger partial charge is 0.337 e. The van der Waals surface area contributed by atoms with E-state index in [4.69, 9.17) is 14.5 Å². The first-order valence-electron chi connectivity index (χ1n) is 9.41. The zero-order chi connectivity index (χ0) is 20.8. The van der Waals surface area contributed by atoms with E-state index in [1.807, 2.05) is 12.1 Å². The van der Waals surface area contributed by atoms with Gasteiger partial charge >= 0.3 is 5.97 Å². The Morgan fingerprint density at radius 3 is 2.79 bits per heavy atom. The molecular formula is C22H22FIN2O3. The molecule has 0 saturated carbocycles. The van der Waals surface area contributed by atoms with Gasteiger partial charge in [0.2, 0.25) is 0 Å². The molecule has 2 heterocycles. The van der Waals surface area contributed by atoms with Crippen LogP contribution < -0.4 is 0 Å². The minimum absolute atomic E-state index is 0.0299. The van der Waals surface area contributed by atoms with Crippen LogP contribution in [0, 0.1) is 14.8 Å². The summed E-state index contributed by atoms with van der Waals surface area (Å²) in [7, 11) is 1.36. The largest absolute Gasteiger partial charge is 0.465 e. The number of ether oxygens (including phenoxy) is 2. The number of benzene rings is 2. The van der Waals surface area contributed by atoms with Crippen molar-refractivity contribution in [3.63, 3.8) is 0 Å². The van der Waals surface area contributed by atoms with Crippen LogP contribution in [0.3, 0.4) is 0 Å². The fourth-order valence-corrected chi connectivity index (χ4v) is 4.33. The van der Waals surface area contributed by atoms with Gasteiger partial charge in [0, 0.05) is 15.4 Å². The first-order chi connectivity index (χ1) is 13.8. The molecule has 1 aromatic heterocycles. The van der Waals surface area contributed by atoms with Gasteiger partial charge in [-0.05, 0) is 58.5 Å². The maximum Gasteiger partial charge on any atom is 0.337 e. The van der Waals surface area contributed by atoms with Crippen LogP contribution in [0.15, 0.2) is 36.4 Å². The number of carbonyl (C=O) groups excluding carboxylic acids is 1. The summed E-state index contributed by atoms with van der Waals surface area (Å²) in [6.45, 7) is 5.47. The van der Waals surface area contributed by atoms with Gasteiger partial charge in [0.15, 0.2) is 0 Å². The van der Waals surface area contributed by atoms with Crippen molar-refractivity contribution in [3.05, 3.63) is 62.7 Å². The van der Waals surface area contributed by atoms with E-state index in [1.54, 1.807) is 18.2 Å². The number of esters is 1. The summed E-state index contributed by atoms with van der Waals surface area (Å²) in [5, 5.41) is 0. The molecule has 5 nitrogen and oxygen atoms in total. The van der Waals surface area contributed by atoms with Crippen molar-refractivity contribution >= 4 is 39.6 Å². The van der Waals surface area contributed by atoms with E-state index in [-0.39, 0.29) is 17.3 Å². The highest BCUT2D eigenvalue weighted by Gasteiger charge is 2.39. The van der Waals surface area contributed by atoms with Gasteiger partial charge in [-0.25, -0.2) is 14.2 Å². The average Bonchev–Trinajstić information content (AvgIpc) is 3.20. The summed E-state index contributed by atoms with van der Waals surface area (Å²) in [4.78, 5) is 16.9. The average molecular weight is 508 g/mol. The molecule has 0 bridgehead atoms. The van der Waals surface area contributed by atoms with Gasteiger partial charge < -0.3 is 14.0 Å². The molecule has 1 aliphatic rings. The lowest BCUT2D eigenvalue weighted by molar-refractivity contribution is 0.0601. The molecule has 0 spiro atoms. The van der Waals surface area contributed by atoms with Crippen LogP contribution in [0.25, 0.3) is 11.0 Å². The van der Waals surface area contributed by atoms with Crippen molar-refractivity contribution in [1.82, 2.24) is 9.55 Å². The molecule has 0 radical (unpaired) electrons. The zero-order valence-electron chi connectivity index (χ0n) is 16.5. The fraction of sp³-hybridized carbons (Fsp3) is 0.364. The minimum atomic E-state index is -0.396. The highest BCUT2D eigenvalue weighted by Crippen LogP contribution is 2.40. The molecule has 152 valence electrons. The summed E-state index contributed by atoms with van der Waals surface area (Å²) in [5.74, 6) is 0.116. The molecule has 4 rings (SSSR count). The van der Waals surface area contributed by atoms with Crippen molar-refractivity contribution in [3.8, 4) is 0 Å².